The molecule has 17 heavy (non-hydrogen) atoms. The van der Waals surface area contributed by atoms with Crippen molar-refractivity contribution in [2.75, 3.05) is 27.9 Å². The highest BCUT2D eigenvalue weighted by molar-refractivity contribution is 5.80. The van der Waals surface area contributed by atoms with E-state index in [-0.39, 0.29) is 24.5 Å². The Morgan fingerprint density at radius 2 is 1.59 bits per heavy atom. The summed E-state index contributed by atoms with van der Waals surface area (Å²) in [5, 5.41) is 9.20. The van der Waals surface area contributed by atoms with Gasteiger partial charge in [0.1, 0.15) is 12.1 Å². The fraction of sp³-hybridized carbons (Fsp3) is 0.818. The predicted octanol–water partition coefficient (Wildman–Crippen LogP) is -0.596. The molecule has 1 heterocycles. The summed E-state index contributed by atoms with van der Waals surface area (Å²) >= 11 is 0. The number of nitrogens with zero attached hydrogens (tertiary/aromatic N) is 1. The fourth-order valence-corrected chi connectivity index (χ4v) is 2.22. The maximum absolute atomic E-state index is 11.6. The van der Waals surface area contributed by atoms with Crippen LogP contribution in [0.2, 0.25) is 0 Å². The maximum Gasteiger partial charge on any atom is 0.323 e. The van der Waals surface area contributed by atoms with E-state index in [0.29, 0.717) is 12.8 Å². The van der Waals surface area contributed by atoms with Gasteiger partial charge in [-0.25, -0.2) is 0 Å². The highest BCUT2D eigenvalue weighted by Crippen LogP contribution is 2.27. The van der Waals surface area contributed by atoms with Gasteiger partial charge in [-0.05, 0) is 25.8 Å². The molecule has 0 aromatic heterocycles. The first kappa shape index (κ1) is 13.9. The van der Waals surface area contributed by atoms with Gasteiger partial charge in [0, 0.05) is 6.61 Å². The second kappa shape index (κ2) is 5.97. The molecular weight excluding hydrogens is 226 g/mol. The van der Waals surface area contributed by atoms with Gasteiger partial charge >= 0.3 is 11.9 Å². The van der Waals surface area contributed by atoms with E-state index in [0.717, 1.165) is 0 Å². The number of aliphatic hydroxyl groups is 1. The first-order valence-corrected chi connectivity index (χ1v) is 5.53. The SMILES string of the molecule is COC(=O)[C@H]1CC(CO)C[C@@H](C(=O)OC)N1C. The van der Waals surface area contributed by atoms with Gasteiger partial charge in [-0.3, -0.25) is 14.5 Å². The summed E-state index contributed by atoms with van der Waals surface area (Å²) in [6.07, 6.45) is 0.986. The summed E-state index contributed by atoms with van der Waals surface area (Å²) in [5.74, 6) is -0.862. The van der Waals surface area contributed by atoms with Crippen molar-refractivity contribution in [2.24, 2.45) is 5.92 Å². The molecule has 1 saturated heterocycles. The minimum Gasteiger partial charge on any atom is -0.468 e. The molecule has 0 spiro atoms. The van der Waals surface area contributed by atoms with Crippen LogP contribution in [0.15, 0.2) is 0 Å². The lowest BCUT2D eigenvalue weighted by Crippen LogP contribution is -2.54. The number of hydrogen-bond donors (Lipinski definition) is 1. The fourth-order valence-electron chi connectivity index (χ4n) is 2.22. The molecule has 0 aromatic rings. The third-order valence-corrected chi connectivity index (χ3v) is 3.30. The molecule has 1 unspecified atom stereocenters. The lowest BCUT2D eigenvalue weighted by molar-refractivity contribution is -0.158. The Hall–Kier alpha value is -1.14. The molecule has 0 radical (unpaired) electrons. The predicted molar refractivity (Wildman–Crippen MR) is 59.2 cm³/mol. The minimum absolute atomic E-state index is 0.0468. The Labute approximate surface area is 100 Å². The molecule has 0 bridgehead atoms. The van der Waals surface area contributed by atoms with E-state index in [1.54, 1.807) is 11.9 Å². The molecule has 6 nitrogen and oxygen atoms in total. The van der Waals surface area contributed by atoms with Crippen molar-refractivity contribution < 1.29 is 24.2 Å². The average Bonchev–Trinajstić information content (AvgIpc) is 2.37. The smallest absolute Gasteiger partial charge is 0.323 e. The van der Waals surface area contributed by atoms with Crippen LogP contribution in [0.5, 0.6) is 0 Å². The quantitative estimate of drug-likeness (QED) is 0.669. The van der Waals surface area contributed by atoms with Crippen molar-refractivity contribution in [2.45, 2.75) is 24.9 Å². The summed E-state index contributed by atoms with van der Waals surface area (Å²) in [6, 6.07) is -1.01. The Balaban J connectivity index is 2.85. The number of hydrogen-bond acceptors (Lipinski definition) is 6. The van der Waals surface area contributed by atoms with Gasteiger partial charge in [-0.1, -0.05) is 0 Å². The van der Waals surface area contributed by atoms with E-state index < -0.39 is 12.1 Å². The van der Waals surface area contributed by atoms with Crippen LogP contribution in [0.25, 0.3) is 0 Å². The number of carbonyl (C=O) groups is 2. The van der Waals surface area contributed by atoms with E-state index >= 15 is 0 Å². The van der Waals surface area contributed by atoms with Gasteiger partial charge in [-0.15, -0.1) is 0 Å². The second-order valence-electron chi connectivity index (χ2n) is 4.26. The molecule has 1 aliphatic rings. The molecular formula is C11H19NO5. The summed E-state index contributed by atoms with van der Waals surface area (Å²) < 4.78 is 9.40. The van der Waals surface area contributed by atoms with Gasteiger partial charge in [0.2, 0.25) is 0 Å². The zero-order valence-electron chi connectivity index (χ0n) is 10.4. The molecule has 1 aliphatic heterocycles. The van der Waals surface area contributed by atoms with Crippen LogP contribution >= 0.6 is 0 Å². The lowest BCUT2D eigenvalue weighted by Gasteiger charge is -2.39. The van der Waals surface area contributed by atoms with Crippen LogP contribution in [0.3, 0.4) is 0 Å². The second-order valence-corrected chi connectivity index (χ2v) is 4.26. The van der Waals surface area contributed by atoms with Crippen molar-refractivity contribution >= 4 is 11.9 Å². The highest BCUT2D eigenvalue weighted by Gasteiger charge is 2.41. The number of likely N-dealkylation sites (tertiary alicyclic amines) is 1. The molecule has 0 aromatic carbocycles. The topological polar surface area (TPSA) is 76.1 Å². The van der Waals surface area contributed by atoms with Gasteiger partial charge in [-0.2, -0.15) is 0 Å². The Morgan fingerprint density at radius 1 is 1.18 bits per heavy atom. The van der Waals surface area contributed by atoms with Crippen LogP contribution < -0.4 is 0 Å². The number of esters is 2. The monoisotopic (exact) mass is 245 g/mol. The number of ether oxygens (including phenoxy) is 2. The lowest BCUT2D eigenvalue weighted by atomic mass is 9.86. The van der Waals surface area contributed by atoms with E-state index in [2.05, 4.69) is 0 Å². The van der Waals surface area contributed by atoms with E-state index in [9.17, 15) is 14.7 Å². The summed E-state index contributed by atoms with van der Waals surface area (Å²) in [6.45, 7) is -0.0468. The Kier molecular flexibility index (Phi) is 4.89. The number of methoxy groups -OCH3 is 2. The van der Waals surface area contributed by atoms with E-state index in [4.69, 9.17) is 9.47 Å². The van der Waals surface area contributed by atoms with E-state index in [1.165, 1.54) is 14.2 Å². The summed E-state index contributed by atoms with van der Waals surface area (Å²) in [4.78, 5) is 24.9. The van der Waals surface area contributed by atoms with Crippen molar-refractivity contribution in [1.29, 1.82) is 0 Å². The third-order valence-electron chi connectivity index (χ3n) is 3.30. The molecule has 1 N–H and O–H groups in total. The zero-order chi connectivity index (χ0) is 13.0. The number of likely N-dealkylation sites (N-methyl/N-ethyl adjacent to an activating group) is 1. The van der Waals surface area contributed by atoms with Crippen molar-refractivity contribution in [3.63, 3.8) is 0 Å². The molecule has 1 rings (SSSR count). The van der Waals surface area contributed by atoms with Crippen molar-refractivity contribution in [3.05, 3.63) is 0 Å². The summed E-state index contributed by atoms with van der Waals surface area (Å²) in [7, 11) is 4.31. The standard InChI is InChI=1S/C11H19NO5/c1-12-8(10(14)16-2)4-7(6-13)5-9(12)11(15)17-3/h7-9,13H,4-6H2,1-3H3/t7?,8-,9+. The van der Waals surface area contributed by atoms with Gasteiger partial charge in [0.15, 0.2) is 0 Å². The van der Waals surface area contributed by atoms with Crippen LogP contribution in [-0.4, -0.2) is 61.9 Å². The van der Waals surface area contributed by atoms with Crippen LogP contribution in [-0.2, 0) is 19.1 Å². The van der Waals surface area contributed by atoms with Gasteiger partial charge in [0.05, 0.1) is 14.2 Å². The number of carbonyl (C=O) groups excluding carboxylic acids is 2. The average molecular weight is 245 g/mol. The molecule has 98 valence electrons. The Morgan fingerprint density at radius 3 is 1.88 bits per heavy atom. The van der Waals surface area contributed by atoms with E-state index in [1.807, 2.05) is 0 Å². The molecule has 0 aliphatic carbocycles. The molecule has 1 fully saturated rings. The van der Waals surface area contributed by atoms with Crippen molar-refractivity contribution in [1.82, 2.24) is 4.90 Å². The molecule has 0 saturated carbocycles. The number of rotatable bonds is 3. The van der Waals surface area contributed by atoms with Crippen LogP contribution in [0.1, 0.15) is 12.8 Å². The summed E-state index contributed by atoms with van der Waals surface area (Å²) in [5.41, 5.74) is 0. The molecule has 3 atom stereocenters. The van der Waals surface area contributed by atoms with Gasteiger partial charge < -0.3 is 14.6 Å². The third kappa shape index (κ3) is 2.95. The number of aliphatic hydroxyl groups excluding tert-OH is 1. The number of piperidine rings is 1. The van der Waals surface area contributed by atoms with Crippen LogP contribution in [0, 0.1) is 5.92 Å². The zero-order valence-corrected chi connectivity index (χ0v) is 10.4. The van der Waals surface area contributed by atoms with Crippen molar-refractivity contribution in [3.8, 4) is 0 Å². The Bertz CT molecular complexity index is 268. The van der Waals surface area contributed by atoms with Gasteiger partial charge in [0.25, 0.3) is 0 Å². The first-order chi connectivity index (χ1) is 8.04. The highest BCUT2D eigenvalue weighted by atomic mass is 16.5. The normalized spacial score (nSPS) is 29.8. The van der Waals surface area contributed by atoms with Crippen LogP contribution in [0.4, 0.5) is 0 Å². The molecule has 6 heteroatoms. The minimum atomic E-state index is -0.505. The largest absolute Gasteiger partial charge is 0.468 e. The molecule has 0 amide bonds. The maximum atomic E-state index is 11.6. The first-order valence-electron chi connectivity index (χ1n) is 5.53.